The molecule has 0 aliphatic carbocycles. The molecule has 0 radical (unpaired) electrons. The number of hydrogen-bond donors (Lipinski definition) is 1. The van der Waals surface area contributed by atoms with Crippen LogP contribution in [0.1, 0.15) is 12.8 Å². The number of esters is 1. The van der Waals surface area contributed by atoms with E-state index in [0.717, 1.165) is 15.7 Å². The zero-order chi connectivity index (χ0) is 15.9. The Morgan fingerprint density at radius 1 is 1.18 bits per heavy atom. The number of carbonyl (C=O) groups is 2. The van der Waals surface area contributed by atoms with Gasteiger partial charge >= 0.3 is 11.9 Å². The lowest BCUT2D eigenvalue weighted by atomic mass is 10.1. The number of benzene rings is 2. The number of carboxylic acids is 1. The second-order valence-electron chi connectivity index (χ2n) is 4.97. The van der Waals surface area contributed by atoms with Gasteiger partial charge in [0.1, 0.15) is 0 Å². The minimum atomic E-state index is -0.878. The van der Waals surface area contributed by atoms with E-state index in [-0.39, 0.29) is 12.4 Å². The van der Waals surface area contributed by atoms with Crippen LogP contribution in [-0.2, 0) is 14.3 Å². The maximum Gasteiger partial charge on any atom is 0.307 e. The number of methoxy groups -OCH3 is 1. The summed E-state index contributed by atoms with van der Waals surface area (Å²) >= 11 is 1.50. The van der Waals surface area contributed by atoms with Gasteiger partial charge in [0.25, 0.3) is 0 Å². The first-order valence-electron chi connectivity index (χ1n) is 7.01. The van der Waals surface area contributed by atoms with Gasteiger partial charge in [-0.05, 0) is 29.3 Å². The highest BCUT2D eigenvalue weighted by Crippen LogP contribution is 2.26. The van der Waals surface area contributed by atoms with Crippen LogP contribution in [0.15, 0.2) is 47.4 Å². The number of aliphatic carboxylic acids is 1. The summed E-state index contributed by atoms with van der Waals surface area (Å²) in [5.41, 5.74) is 0. The van der Waals surface area contributed by atoms with Crippen LogP contribution in [0.2, 0.25) is 0 Å². The van der Waals surface area contributed by atoms with Crippen LogP contribution in [0.3, 0.4) is 0 Å². The molecule has 2 aromatic carbocycles. The van der Waals surface area contributed by atoms with Gasteiger partial charge in [-0.2, -0.15) is 0 Å². The van der Waals surface area contributed by atoms with Crippen molar-refractivity contribution in [2.24, 2.45) is 5.92 Å². The molecule has 0 heterocycles. The van der Waals surface area contributed by atoms with E-state index in [9.17, 15) is 14.7 Å². The van der Waals surface area contributed by atoms with Crippen LogP contribution < -0.4 is 0 Å². The highest BCUT2D eigenvalue weighted by molar-refractivity contribution is 7.99. The second kappa shape index (κ2) is 7.84. The van der Waals surface area contributed by atoms with Crippen molar-refractivity contribution >= 4 is 34.5 Å². The molecule has 0 saturated heterocycles. The molecule has 5 heteroatoms. The Kier molecular flexibility index (Phi) is 5.83. The molecule has 2 rings (SSSR count). The average molecular weight is 318 g/mol. The van der Waals surface area contributed by atoms with Crippen LogP contribution in [0, 0.1) is 5.92 Å². The highest BCUT2D eigenvalue weighted by Gasteiger charge is 2.19. The van der Waals surface area contributed by atoms with E-state index >= 15 is 0 Å². The third-order valence-corrected chi connectivity index (χ3v) is 4.60. The molecular weight excluding hydrogens is 300 g/mol. The van der Waals surface area contributed by atoms with E-state index in [4.69, 9.17) is 0 Å². The molecule has 0 aliphatic rings. The largest absolute Gasteiger partial charge is 0.481 e. The summed E-state index contributed by atoms with van der Waals surface area (Å²) in [6.45, 7) is 0. The molecule has 0 aliphatic heterocycles. The van der Waals surface area contributed by atoms with Gasteiger partial charge in [0.15, 0.2) is 0 Å². The van der Waals surface area contributed by atoms with Crippen LogP contribution in [0.25, 0.3) is 10.8 Å². The van der Waals surface area contributed by atoms with Crippen LogP contribution in [0.5, 0.6) is 0 Å². The number of rotatable bonds is 7. The van der Waals surface area contributed by atoms with Gasteiger partial charge in [0.2, 0.25) is 0 Å². The van der Waals surface area contributed by atoms with Crippen molar-refractivity contribution in [3.8, 4) is 0 Å². The molecule has 0 unspecified atom stereocenters. The molecule has 0 aromatic heterocycles. The molecule has 0 amide bonds. The maximum absolute atomic E-state index is 11.3. The predicted molar refractivity (Wildman–Crippen MR) is 87.0 cm³/mol. The van der Waals surface area contributed by atoms with Crippen molar-refractivity contribution in [3.05, 3.63) is 42.5 Å². The Bertz CT molecular complexity index is 669. The van der Waals surface area contributed by atoms with Gasteiger partial charge < -0.3 is 9.84 Å². The fourth-order valence-corrected chi connectivity index (χ4v) is 3.20. The summed E-state index contributed by atoms with van der Waals surface area (Å²) in [6.07, 6.45) is 0.425. The Morgan fingerprint density at radius 2 is 1.91 bits per heavy atom. The molecule has 0 spiro atoms. The molecule has 2 aromatic rings. The first-order chi connectivity index (χ1) is 10.6. The number of carboxylic acid groups (broad SMARTS) is 1. The molecule has 1 atom stereocenters. The number of thioether (sulfide) groups is 1. The molecule has 1 N–H and O–H groups in total. The number of fused-ring (bicyclic) bond motifs is 1. The molecule has 116 valence electrons. The predicted octanol–water partition coefficient (Wildman–Crippen LogP) is 3.59. The van der Waals surface area contributed by atoms with E-state index < -0.39 is 11.9 Å². The van der Waals surface area contributed by atoms with E-state index in [1.165, 1.54) is 18.9 Å². The maximum atomic E-state index is 11.3. The summed E-state index contributed by atoms with van der Waals surface area (Å²) < 4.78 is 4.55. The van der Waals surface area contributed by atoms with Gasteiger partial charge in [-0.3, -0.25) is 9.59 Å². The highest BCUT2D eigenvalue weighted by atomic mass is 32.2. The molecule has 0 fully saturated rings. The summed E-state index contributed by atoms with van der Waals surface area (Å²) in [6, 6.07) is 14.1. The lowest BCUT2D eigenvalue weighted by Gasteiger charge is -2.11. The Morgan fingerprint density at radius 3 is 2.59 bits per heavy atom. The topological polar surface area (TPSA) is 63.6 Å². The summed E-state index contributed by atoms with van der Waals surface area (Å²) in [7, 11) is 1.31. The number of hydrogen-bond acceptors (Lipinski definition) is 4. The van der Waals surface area contributed by atoms with Crippen LogP contribution in [0.4, 0.5) is 0 Å². The first-order valence-corrected chi connectivity index (χ1v) is 8.00. The summed E-state index contributed by atoms with van der Waals surface area (Å²) in [5.74, 6) is -1.38. The molecule has 0 saturated carbocycles. The third kappa shape index (κ3) is 4.49. The van der Waals surface area contributed by atoms with Crippen molar-refractivity contribution in [1.29, 1.82) is 0 Å². The Hall–Kier alpha value is -2.01. The minimum absolute atomic E-state index is 0.131. The smallest absolute Gasteiger partial charge is 0.307 e. The SMILES string of the molecule is COC(=O)CC[C@H](CSc1ccc2ccccc2c1)C(=O)O. The molecule has 0 bridgehead atoms. The molecule has 4 nitrogen and oxygen atoms in total. The van der Waals surface area contributed by atoms with E-state index in [1.807, 2.05) is 36.4 Å². The van der Waals surface area contributed by atoms with Crippen molar-refractivity contribution in [2.45, 2.75) is 17.7 Å². The van der Waals surface area contributed by atoms with Crippen LogP contribution >= 0.6 is 11.8 Å². The Labute approximate surface area is 133 Å². The lowest BCUT2D eigenvalue weighted by Crippen LogP contribution is -2.18. The molecule has 22 heavy (non-hydrogen) atoms. The Balaban J connectivity index is 1.98. The van der Waals surface area contributed by atoms with Gasteiger partial charge in [-0.25, -0.2) is 0 Å². The quantitative estimate of drug-likeness (QED) is 0.624. The van der Waals surface area contributed by atoms with Crippen molar-refractivity contribution < 1.29 is 19.4 Å². The van der Waals surface area contributed by atoms with Crippen LogP contribution in [-0.4, -0.2) is 29.9 Å². The van der Waals surface area contributed by atoms with Crippen molar-refractivity contribution in [1.82, 2.24) is 0 Å². The normalized spacial score (nSPS) is 12.0. The average Bonchev–Trinajstić information content (AvgIpc) is 2.54. The number of carbonyl (C=O) groups excluding carboxylic acids is 1. The van der Waals surface area contributed by atoms with Gasteiger partial charge in [-0.1, -0.05) is 30.3 Å². The van der Waals surface area contributed by atoms with Gasteiger partial charge in [0, 0.05) is 17.1 Å². The lowest BCUT2D eigenvalue weighted by molar-refractivity contribution is -0.143. The summed E-state index contributed by atoms with van der Waals surface area (Å²) in [4.78, 5) is 23.4. The minimum Gasteiger partial charge on any atom is -0.481 e. The number of ether oxygens (including phenoxy) is 1. The zero-order valence-electron chi connectivity index (χ0n) is 12.3. The van der Waals surface area contributed by atoms with E-state index in [1.54, 1.807) is 0 Å². The van der Waals surface area contributed by atoms with E-state index in [0.29, 0.717) is 12.2 Å². The van der Waals surface area contributed by atoms with Crippen molar-refractivity contribution in [3.63, 3.8) is 0 Å². The fraction of sp³-hybridized carbons (Fsp3) is 0.294. The standard InChI is InChI=1S/C17H18O4S/c1-21-16(18)9-7-14(17(19)20)11-22-15-8-6-12-4-2-3-5-13(12)10-15/h2-6,8,10,14H,7,9,11H2,1H3,(H,19,20)/t14-/m1/s1. The fourth-order valence-electron chi connectivity index (χ4n) is 2.13. The van der Waals surface area contributed by atoms with Gasteiger partial charge in [0.05, 0.1) is 13.0 Å². The second-order valence-corrected chi connectivity index (χ2v) is 6.06. The zero-order valence-corrected chi connectivity index (χ0v) is 13.1. The van der Waals surface area contributed by atoms with Crippen molar-refractivity contribution in [2.75, 3.05) is 12.9 Å². The monoisotopic (exact) mass is 318 g/mol. The third-order valence-electron chi connectivity index (χ3n) is 3.45. The van der Waals surface area contributed by atoms with E-state index in [2.05, 4.69) is 10.8 Å². The van der Waals surface area contributed by atoms with Gasteiger partial charge in [-0.15, -0.1) is 11.8 Å². The molecular formula is C17H18O4S. The first kappa shape index (κ1) is 16.4. The summed E-state index contributed by atoms with van der Waals surface area (Å²) in [5, 5.41) is 11.5.